The predicted octanol–water partition coefficient (Wildman–Crippen LogP) is 2.87. The van der Waals surface area contributed by atoms with Gasteiger partial charge in [-0.15, -0.1) is 0 Å². The van der Waals surface area contributed by atoms with E-state index in [0.29, 0.717) is 18.4 Å². The van der Waals surface area contributed by atoms with Crippen LogP contribution in [0, 0.1) is 6.92 Å². The van der Waals surface area contributed by atoms with Gasteiger partial charge in [0.05, 0.1) is 57.2 Å². The number of nitrogens with one attached hydrogen (secondary N) is 2. The van der Waals surface area contributed by atoms with Gasteiger partial charge in [0.2, 0.25) is 0 Å². The molecule has 0 aliphatic heterocycles. The number of benzene rings is 1. The van der Waals surface area contributed by atoms with Crippen molar-refractivity contribution in [2.24, 2.45) is 0 Å². The van der Waals surface area contributed by atoms with Gasteiger partial charge >= 0.3 is 0 Å². The van der Waals surface area contributed by atoms with Crippen LogP contribution < -0.4 is 4.74 Å². The van der Waals surface area contributed by atoms with Crippen molar-refractivity contribution in [2.75, 3.05) is 20.3 Å². The molecule has 0 amide bonds. The van der Waals surface area contributed by atoms with E-state index in [1.807, 2.05) is 25.1 Å². The average molecular weight is 399 g/mol. The van der Waals surface area contributed by atoms with Crippen LogP contribution in [0.5, 0.6) is 5.75 Å². The molecule has 2 N–H and O–H groups in total. The van der Waals surface area contributed by atoms with E-state index in [-0.39, 0.29) is 5.75 Å². The van der Waals surface area contributed by atoms with Crippen molar-refractivity contribution >= 4 is 32.9 Å². The number of aromatic nitrogens is 5. The molecule has 1 atom stereocenters. The summed E-state index contributed by atoms with van der Waals surface area (Å²) in [6.45, 7) is 3.14. The largest absolute Gasteiger partial charge is 0.493 e. The monoisotopic (exact) mass is 399 g/mol. The standard InChI is InChI=1S/C19H21N5O3S/c1-12-17(20-5-4-18(12)27-7-3-6-26-2)10-28(25)19-23-15-8-13-14(22-11-21-13)9-16(15)24-19/h4-5,8-9,11H,3,6-7,10H2,1-2H3,(H,21,22)(H,23,24). The molecule has 146 valence electrons. The van der Waals surface area contributed by atoms with Crippen molar-refractivity contribution in [1.29, 1.82) is 0 Å². The van der Waals surface area contributed by atoms with E-state index >= 15 is 0 Å². The highest BCUT2D eigenvalue weighted by molar-refractivity contribution is 7.84. The summed E-state index contributed by atoms with van der Waals surface area (Å²) in [7, 11) is 0.312. The highest BCUT2D eigenvalue weighted by atomic mass is 32.2. The lowest BCUT2D eigenvalue weighted by Crippen LogP contribution is -2.06. The van der Waals surface area contributed by atoms with Crippen molar-refractivity contribution in [3.05, 3.63) is 42.0 Å². The van der Waals surface area contributed by atoms with Gasteiger partial charge in [-0.3, -0.25) is 9.19 Å². The van der Waals surface area contributed by atoms with Crippen LogP contribution in [0.25, 0.3) is 22.1 Å². The number of nitrogens with zero attached hydrogens (tertiary/aromatic N) is 3. The Hall–Kier alpha value is -2.78. The van der Waals surface area contributed by atoms with Crippen LogP contribution in [-0.4, -0.2) is 49.5 Å². The molecular formula is C19H21N5O3S. The SMILES string of the molecule is COCCCOc1ccnc(CS(=O)c2nc3cc4nc[nH]c4cc3[nH]2)c1C. The quantitative estimate of drug-likeness (QED) is 0.441. The maximum atomic E-state index is 12.9. The van der Waals surface area contributed by atoms with Crippen LogP contribution in [0.1, 0.15) is 17.7 Å². The second kappa shape index (κ2) is 8.07. The van der Waals surface area contributed by atoms with Gasteiger partial charge < -0.3 is 19.4 Å². The Bertz CT molecular complexity index is 1090. The third kappa shape index (κ3) is 3.76. The Morgan fingerprint density at radius 2 is 2.04 bits per heavy atom. The van der Waals surface area contributed by atoms with Crippen molar-refractivity contribution in [3.63, 3.8) is 0 Å². The summed E-state index contributed by atoms with van der Waals surface area (Å²) in [5.41, 5.74) is 4.91. The maximum Gasteiger partial charge on any atom is 0.197 e. The van der Waals surface area contributed by atoms with Gasteiger partial charge in [0.15, 0.2) is 5.16 Å². The molecule has 0 saturated heterocycles. The number of hydrogen-bond donors (Lipinski definition) is 2. The van der Waals surface area contributed by atoms with Gasteiger partial charge in [-0.1, -0.05) is 0 Å². The van der Waals surface area contributed by atoms with Crippen molar-refractivity contribution in [1.82, 2.24) is 24.9 Å². The molecule has 28 heavy (non-hydrogen) atoms. The topological polar surface area (TPSA) is 106 Å². The molecule has 0 spiro atoms. The summed E-state index contributed by atoms with van der Waals surface area (Å²) >= 11 is 0. The molecule has 0 fully saturated rings. The van der Waals surface area contributed by atoms with Crippen LogP contribution in [0.2, 0.25) is 0 Å². The smallest absolute Gasteiger partial charge is 0.197 e. The van der Waals surface area contributed by atoms with Crippen molar-refractivity contribution in [2.45, 2.75) is 24.3 Å². The zero-order valence-corrected chi connectivity index (χ0v) is 16.5. The molecule has 0 aliphatic carbocycles. The summed E-state index contributed by atoms with van der Waals surface area (Å²) in [5, 5.41) is 0.426. The molecule has 9 heteroatoms. The lowest BCUT2D eigenvalue weighted by Gasteiger charge is -2.11. The molecule has 0 bridgehead atoms. The summed E-state index contributed by atoms with van der Waals surface area (Å²) in [6.07, 6.45) is 4.13. The molecular weight excluding hydrogens is 378 g/mol. The van der Waals surface area contributed by atoms with Gasteiger partial charge in [0, 0.05) is 31.9 Å². The van der Waals surface area contributed by atoms with E-state index in [9.17, 15) is 4.21 Å². The first-order valence-corrected chi connectivity index (χ1v) is 10.2. The number of hydrogen-bond acceptors (Lipinski definition) is 6. The van der Waals surface area contributed by atoms with Crippen molar-refractivity contribution < 1.29 is 13.7 Å². The molecule has 1 aromatic carbocycles. The summed E-state index contributed by atoms with van der Waals surface area (Å²) in [6, 6.07) is 5.62. The third-order valence-corrected chi connectivity index (χ3v) is 5.65. The second-order valence-corrected chi connectivity index (χ2v) is 7.76. The van der Waals surface area contributed by atoms with Gasteiger partial charge in [-0.25, -0.2) is 9.97 Å². The Kier molecular flexibility index (Phi) is 5.36. The number of aromatic amines is 2. The summed E-state index contributed by atoms with van der Waals surface area (Å²) < 4.78 is 23.7. The number of H-pyrrole nitrogens is 2. The second-order valence-electron chi connectivity index (χ2n) is 6.40. The number of imidazole rings is 2. The van der Waals surface area contributed by atoms with E-state index in [1.165, 1.54) is 0 Å². The van der Waals surface area contributed by atoms with E-state index in [1.54, 1.807) is 19.6 Å². The lowest BCUT2D eigenvalue weighted by atomic mass is 10.2. The highest BCUT2D eigenvalue weighted by Crippen LogP contribution is 2.23. The number of rotatable bonds is 8. The molecule has 4 aromatic rings. The van der Waals surface area contributed by atoms with Crippen LogP contribution >= 0.6 is 0 Å². The predicted molar refractivity (Wildman–Crippen MR) is 107 cm³/mol. The molecule has 3 heterocycles. The Balaban J connectivity index is 1.52. The van der Waals surface area contributed by atoms with Crippen LogP contribution in [0.3, 0.4) is 0 Å². The molecule has 0 radical (unpaired) electrons. The minimum absolute atomic E-state index is 0.261. The first-order valence-electron chi connectivity index (χ1n) is 8.93. The minimum Gasteiger partial charge on any atom is -0.493 e. The Morgan fingerprint density at radius 3 is 2.89 bits per heavy atom. The molecule has 0 aliphatic rings. The zero-order valence-electron chi connectivity index (χ0n) is 15.7. The summed E-state index contributed by atoms with van der Waals surface area (Å²) in [4.78, 5) is 19.3. The first-order chi connectivity index (χ1) is 13.7. The van der Waals surface area contributed by atoms with Gasteiger partial charge in [-0.05, 0) is 25.1 Å². The Labute approximate surface area is 164 Å². The highest BCUT2D eigenvalue weighted by Gasteiger charge is 2.15. The normalized spacial score (nSPS) is 12.6. The number of pyridine rings is 1. The Morgan fingerprint density at radius 1 is 1.14 bits per heavy atom. The molecule has 1 unspecified atom stereocenters. The number of fused-ring (bicyclic) bond motifs is 2. The van der Waals surface area contributed by atoms with Crippen LogP contribution in [0.15, 0.2) is 35.9 Å². The fourth-order valence-electron chi connectivity index (χ4n) is 2.96. The van der Waals surface area contributed by atoms with Gasteiger partial charge in [-0.2, -0.15) is 0 Å². The molecule has 3 aromatic heterocycles. The van der Waals surface area contributed by atoms with E-state index < -0.39 is 10.8 Å². The summed E-state index contributed by atoms with van der Waals surface area (Å²) in [5.74, 6) is 1.01. The van der Waals surface area contributed by atoms with Crippen LogP contribution in [0.4, 0.5) is 0 Å². The maximum absolute atomic E-state index is 12.9. The average Bonchev–Trinajstić information content (AvgIpc) is 3.31. The first kappa shape index (κ1) is 18.6. The lowest BCUT2D eigenvalue weighted by molar-refractivity contribution is 0.172. The van der Waals surface area contributed by atoms with Gasteiger partial charge in [0.1, 0.15) is 5.75 Å². The van der Waals surface area contributed by atoms with E-state index in [0.717, 1.165) is 45.5 Å². The van der Waals surface area contributed by atoms with Crippen molar-refractivity contribution in [3.8, 4) is 5.75 Å². The fourth-order valence-corrected chi connectivity index (χ4v) is 4.06. The molecule has 4 rings (SSSR count). The number of ether oxygens (including phenoxy) is 2. The zero-order chi connectivity index (χ0) is 19.5. The number of methoxy groups -OCH3 is 1. The van der Waals surface area contributed by atoms with Crippen LogP contribution in [-0.2, 0) is 21.3 Å². The molecule has 0 saturated carbocycles. The third-order valence-electron chi connectivity index (χ3n) is 4.49. The van der Waals surface area contributed by atoms with E-state index in [2.05, 4.69) is 24.9 Å². The fraction of sp³-hybridized carbons (Fsp3) is 0.316. The molecule has 8 nitrogen and oxygen atoms in total. The van der Waals surface area contributed by atoms with E-state index in [4.69, 9.17) is 9.47 Å². The van der Waals surface area contributed by atoms with Gasteiger partial charge in [0.25, 0.3) is 0 Å². The minimum atomic E-state index is -1.36.